The average Bonchev–Trinajstić information content (AvgIpc) is 3.62. The molecule has 0 aliphatic carbocycles. The second-order valence-electron chi connectivity index (χ2n) is 9.70. The Bertz CT molecular complexity index is 952. The molecule has 0 amide bonds. The first-order chi connectivity index (χ1) is 21.1. The standard InChI is InChI=1S/C27H36F8O8S2/c28-24(29,7-11-40-17-20(36)15-38-9-5-22-3-1-13-44-22)42-26(32,33)19-27(34,35)43-25(30,31)8-12-41-18-21(37)16-39-10-6-23-4-2-14-45-23/h1-4,13-14,20-21,36-37H,5-12,15-19H2. The molecular formula is C27H36F8O8S2. The van der Waals surface area contributed by atoms with E-state index in [1.165, 1.54) is 22.7 Å². The average molecular weight is 705 g/mol. The number of hydrogen-bond donors (Lipinski definition) is 2. The van der Waals surface area contributed by atoms with Crippen molar-refractivity contribution in [3.8, 4) is 0 Å². The molecule has 0 saturated carbocycles. The first kappa shape index (κ1) is 39.7. The highest BCUT2D eigenvalue weighted by Crippen LogP contribution is 2.40. The molecule has 2 atom stereocenters. The van der Waals surface area contributed by atoms with Crippen molar-refractivity contribution in [2.24, 2.45) is 0 Å². The maximum absolute atomic E-state index is 13.8. The first-order valence-electron chi connectivity index (χ1n) is 13.7. The number of rotatable bonds is 26. The SMILES string of the molecule is OC(COCCc1cccs1)COCCC(F)(F)OC(F)(F)CC(F)(F)OC(F)(F)CCOCC(O)COCCc1cccs1. The molecule has 0 saturated heterocycles. The summed E-state index contributed by atoms with van der Waals surface area (Å²) in [5.41, 5.74) is 0. The molecule has 0 fully saturated rings. The van der Waals surface area contributed by atoms with E-state index in [1.807, 2.05) is 35.0 Å². The minimum absolute atomic E-state index is 0.185. The number of halogens is 8. The van der Waals surface area contributed by atoms with Gasteiger partial charge in [0, 0.05) is 22.6 Å². The van der Waals surface area contributed by atoms with Crippen LogP contribution in [0.25, 0.3) is 0 Å². The molecule has 2 rings (SSSR count). The van der Waals surface area contributed by atoms with Crippen LogP contribution in [-0.4, -0.2) is 99.7 Å². The van der Waals surface area contributed by atoms with Gasteiger partial charge in [-0.1, -0.05) is 12.1 Å². The fourth-order valence-electron chi connectivity index (χ4n) is 3.46. The van der Waals surface area contributed by atoms with Crippen LogP contribution in [0.3, 0.4) is 0 Å². The van der Waals surface area contributed by atoms with E-state index in [1.54, 1.807) is 0 Å². The highest BCUT2D eigenvalue weighted by molar-refractivity contribution is 7.10. The zero-order valence-corrected chi connectivity index (χ0v) is 25.6. The molecule has 0 spiro atoms. The lowest BCUT2D eigenvalue weighted by molar-refractivity contribution is -0.432. The molecule has 2 heterocycles. The van der Waals surface area contributed by atoms with Crippen molar-refractivity contribution in [1.29, 1.82) is 0 Å². The largest absolute Gasteiger partial charge is 0.388 e. The second-order valence-corrected chi connectivity index (χ2v) is 11.8. The Morgan fingerprint density at radius 1 is 0.556 bits per heavy atom. The number of aliphatic hydroxyl groups excluding tert-OH is 2. The molecule has 0 aromatic carbocycles. The molecule has 2 N–H and O–H groups in total. The normalized spacial score (nSPS) is 14.6. The van der Waals surface area contributed by atoms with Gasteiger partial charge in [0.15, 0.2) is 0 Å². The Hall–Kier alpha value is -1.48. The van der Waals surface area contributed by atoms with Crippen molar-refractivity contribution < 1.29 is 73.8 Å². The molecule has 260 valence electrons. The van der Waals surface area contributed by atoms with Gasteiger partial charge in [0.05, 0.1) is 65.7 Å². The number of hydrogen-bond acceptors (Lipinski definition) is 10. The van der Waals surface area contributed by atoms with Crippen LogP contribution in [0.1, 0.15) is 29.0 Å². The Balaban J connectivity index is 1.60. The van der Waals surface area contributed by atoms with E-state index in [2.05, 4.69) is 9.47 Å². The number of ether oxygens (including phenoxy) is 6. The van der Waals surface area contributed by atoms with Gasteiger partial charge >= 0.3 is 24.4 Å². The smallest absolute Gasteiger partial charge is 0.368 e. The molecule has 0 aliphatic rings. The van der Waals surface area contributed by atoms with E-state index in [0.29, 0.717) is 12.8 Å². The van der Waals surface area contributed by atoms with Crippen LogP contribution < -0.4 is 0 Å². The third kappa shape index (κ3) is 19.1. The molecule has 2 unspecified atom stereocenters. The fraction of sp³-hybridized carbons (Fsp3) is 0.704. The zero-order valence-electron chi connectivity index (χ0n) is 24.0. The highest BCUT2D eigenvalue weighted by atomic mass is 32.1. The topological polar surface area (TPSA) is 95.8 Å². The summed E-state index contributed by atoms with van der Waals surface area (Å²) in [4.78, 5) is 2.11. The van der Waals surface area contributed by atoms with E-state index in [4.69, 9.17) is 18.9 Å². The van der Waals surface area contributed by atoms with Crippen LogP contribution in [0.15, 0.2) is 35.0 Å². The van der Waals surface area contributed by atoms with Crippen LogP contribution in [0.5, 0.6) is 0 Å². The summed E-state index contributed by atoms with van der Waals surface area (Å²) in [5.74, 6) is 0. The Kier molecular flexibility index (Phi) is 17.1. The van der Waals surface area contributed by atoms with E-state index in [9.17, 15) is 45.3 Å². The summed E-state index contributed by atoms with van der Waals surface area (Å²) < 4.78 is 137. The molecule has 45 heavy (non-hydrogen) atoms. The third-order valence-electron chi connectivity index (χ3n) is 5.47. The molecule has 8 nitrogen and oxygen atoms in total. The molecule has 2 aromatic heterocycles. The van der Waals surface area contributed by atoms with E-state index in [0.717, 1.165) is 9.75 Å². The van der Waals surface area contributed by atoms with Gasteiger partial charge in [-0.15, -0.1) is 22.7 Å². The number of aliphatic hydroxyl groups is 2. The van der Waals surface area contributed by atoms with Crippen molar-refractivity contribution >= 4 is 22.7 Å². The van der Waals surface area contributed by atoms with Crippen LogP contribution in [0.4, 0.5) is 35.1 Å². The predicted molar refractivity (Wildman–Crippen MR) is 147 cm³/mol. The second kappa shape index (κ2) is 19.4. The van der Waals surface area contributed by atoms with Crippen LogP contribution in [0, 0.1) is 0 Å². The van der Waals surface area contributed by atoms with Gasteiger partial charge in [0.2, 0.25) is 0 Å². The van der Waals surface area contributed by atoms with Gasteiger partial charge in [-0.2, -0.15) is 35.1 Å². The Morgan fingerprint density at radius 3 is 1.24 bits per heavy atom. The summed E-state index contributed by atoms with van der Waals surface area (Å²) in [6.07, 6.45) is -27.1. The monoisotopic (exact) mass is 704 g/mol. The van der Waals surface area contributed by atoms with Gasteiger partial charge < -0.3 is 29.2 Å². The Labute approximate surface area is 262 Å². The predicted octanol–water partition coefficient (Wildman–Crippen LogP) is 5.96. The maximum Gasteiger partial charge on any atom is 0.368 e. The summed E-state index contributed by atoms with van der Waals surface area (Å²) >= 11 is 3.03. The van der Waals surface area contributed by atoms with Crippen molar-refractivity contribution in [3.63, 3.8) is 0 Å². The molecule has 0 aliphatic heterocycles. The number of alkyl halides is 8. The summed E-state index contributed by atoms with van der Waals surface area (Å²) in [5, 5.41) is 23.2. The van der Waals surface area contributed by atoms with Crippen molar-refractivity contribution in [1.82, 2.24) is 0 Å². The third-order valence-corrected chi connectivity index (χ3v) is 7.34. The maximum atomic E-state index is 13.8. The minimum atomic E-state index is -5.27. The summed E-state index contributed by atoms with van der Waals surface area (Å²) in [6, 6.07) is 7.50. The van der Waals surface area contributed by atoms with Crippen LogP contribution >= 0.6 is 22.7 Å². The van der Waals surface area contributed by atoms with Crippen LogP contribution in [-0.2, 0) is 41.3 Å². The van der Waals surface area contributed by atoms with Crippen molar-refractivity contribution in [3.05, 3.63) is 44.8 Å². The Morgan fingerprint density at radius 2 is 0.911 bits per heavy atom. The highest BCUT2D eigenvalue weighted by Gasteiger charge is 2.54. The quantitative estimate of drug-likeness (QED) is 0.0916. The summed E-state index contributed by atoms with van der Waals surface area (Å²) in [6.45, 7) is -2.59. The number of thiophene rings is 2. The van der Waals surface area contributed by atoms with E-state index < -0.39 is 82.3 Å². The van der Waals surface area contributed by atoms with Gasteiger partial charge in [-0.05, 0) is 22.9 Å². The fourth-order valence-corrected chi connectivity index (χ4v) is 4.84. The first-order valence-corrected chi connectivity index (χ1v) is 15.5. The van der Waals surface area contributed by atoms with Gasteiger partial charge in [-0.25, -0.2) is 0 Å². The lowest BCUT2D eigenvalue weighted by Crippen LogP contribution is -2.42. The van der Waals surface area contributed by atoms with E-state index in [-0.39, 0.29) is 26.4 Å². The molecule has 18 heteroatoms. The summed E-state index contributed by atoms with van der Waals surface area (Å²) in [7, 11) is 0. The van der Waals surface area contributed by atoms with Crippen LogP contribution in [0.2, 0.25) is 0 Å². The van der Waals surface area contributed by atoms with Gasteiger partial charge in [-0.3, -0.25) is 9.47 Å². The molecular weight excluding hydrogens is 668 g/mol. The van der Waals surface area contributed by atoms with Gasteiger partial charge in [0.1, 0.15) is 18.6 Å². The molecule has 2 aromatic rings. The van der Waals surface area contributed by atoms with E-state index >= 15 is 0 Å². The zero-order chi connectivity index (χ0) is 33.4. The lowest BCUT2D eigenvalue weighted by Gasteiger charge is -2.28. The minimum Gasteiger partial charge on any atom is -0.388 e. The van der Waals surface area contributed by atoms with Crippen molar-refractivity contribution in [2.45, 2.75) is 68.7 Å². The lowest BCUT2D eigenvalue weighted by atomic mass is 10.3. The molecule has 0 bridgehead atoms. The van der Waals surface area contributed by atoms with Gasteiger partial charge in [0.25, 0.3) is 0 Å². The molecule has 0 radical (unpaired) electrons. The van der Waals surface area contributed by atoms with Crippen molar-refractivity contribution in [2.75, 3.05) is 52.9 Å².